The number of hydrogen-bond donors (Lipinski definition) is 1. The first-order valence-corrected chi connectivity index (χ1v) is 6.13. The number of nitrogens with two attached hydrogens (primary N) is 1. The molecular formula is C10H17N3O2S. The van der Waals surface area contributed by atoms with Crippen LogP contribution in [-0.4, -0.2) is 30.6 Å². The molecule has 0 atom stereocenters. The lowest BCUT2D eigenvalue weighted by Crippen LogP contribution is -2.24. The van der Waals surface area contributed by atoms with Crippen LogP contribution < -0.4 is 10.6 Å². The van der Waals surface area contributed by atoms with Gasteiger partial charge in [0.25, 0.3) is 0 Å². The maximum atomic E-state index is 11.7. The van der Waals surface area contributed by atoms with Gasteiger partial charge in [0.15, 0.2) is 15.8 Å². The van der Waals surface area contributed by atoms with Crippen molar-refractivity contribution < 1.29 is 9.53 Å². The fourth-order valence-corrected chi connectivity index (χ4v) is 2.14. The minimum Gasteiger partial charge on any atom is -0.462 e. The quantitative estimate of drug-likeness (QED) is 0.798. The summed E-state index contributed by atoms with van der Waals surface area (Å²) in [6.45, 7) is 7.72. The number of hydrogen-bond acceptors (Lipinski definition) is 6. The number of anilines is 2. The van der Waals surface area contributed by atoms with Gasteiger partial charge in [-0.3, -0.25) is 0 Å². The lowest BCUT2D eigenvalue weighted by molar-refractivity contribution is 0.0532. The molecule has 0 saturated heterocycles. The van der Waals surface area contributed by atoms with Crippen LogP contribution in [0.5, 0.6) is 0 Å². The molecule has 5 nitrogen and oxygen atoms in total. The number of thiazole rings is 1. The average Bonchev–Trinajstić information content (AvgIpc) is 2.63. The number of rotatable bonds is 5. The molecule has 0 aliphatic carbocycles. The molecule has 0 amide bonds. The van der Waals surface area contributed by atoms with Crippen LogP contribution in [-0.2, 0) is 4.74 Å². The van der Waals surface area contributed by atoms with Crippen LogP contribution in [0.2, 0.25) is 0 Å². The second kappa shape index (κ2) is 5.69. The number of aromatic nitrogens is 1. The van der Waals surface area contributed by atoms with Crippen molar-refractivity contribution in [2.75, 3.05) is 30.3 Å². The fraction of sp³-hybridized carbons (Fsp3) is 0.600. The lowest BCUT2D eigenvalue weighted by Gasteiger charge is -2.18. The molecular weight excluding hydrogens is 226 g/mol. The number of carbonyl (C=O) groups is 1. The van der Waals surface area contributed by atoms with E-state index in [4.69, 9.17) is 10.5 Å². The standard InChI is InChI=1S/C10H17N3O2S/c1-4-13(5-2)8-7(9(14)15-6-3)16-10(11)12-8/h4-6H2,1-3H3,(H2,11,12). The fourth-order valence-electron chi connectivity index (χ4n) is 1.40. The van der Waals surface area contributed by atoms with E-state index < -0.39 is 0 Å². The largest absolute Gasteiger partial charge is 0.462 e. The summed E-state index contributed by atoms with van der Waals surface area (Å²) >= 11 is 1.17. The van der Waals surface area contributed by atoms with E-state index in [2.05, 4.69) is 4.98 Å². The lowest BCUT2D eigenvalue weighted by atomic mass is 10.4. The molecule has 16 heavy (non-hydrogen) atoms. The van der Waals surface area contributed by atoms with Gasteiger partial charge in [-0.2, -0.15) is 0 Å². The molecule has 1 rings (SSSR count). The van der Waals surface area contributed by atoms with Crippen LogP contribution in [0.3, 0.4) is 0 Å². The Labute approximate surface area is 99.2 Å². The normalized spacial score (nSPS) is 10.2. The van der Waals surface area contributed by atoms with Gasteiger partial charge in [0.1, 0.15) is 0 Å². The summed E-state index contributed by atoms with van der Waals surface area (Å²) in [6, 6.07) is 0. The zero-order chi connectivity index (χ0) is 12.1. The number of nitrogen functional groups attached to an aromatic ring is 1. The molecule has 6 heteroatoms. The smallest absolute Gasteiger partial charge is 0.352 e. The van der Waals surface area contributed by atoms with Crippen molar-refractivity contribution in [3.8, 4) is 0 Å². The summed E-state index contributed by atoms with van der Waals surface area (Å²) in [4.78, 5) is 18.3. The highest BCUT2D eigenvalue weighted by Crippen LogP contribution is 2.28. The van der Waals surface area contributed by atoms with Crippen LogP contribution in [0.4, 0.5) is 10.9 Å². The van der Waals surface area contributed by atoms with Crippen LogP contribution in [0, 0.1) is 0 Å². The molecule has 90 valence electrons. The molecule has 0 bridgehead atoms. The molecule has 1 aromatic heterocycles. The van der Waals surface area contributed by atoms with Gasteiger partial charge >= 0.3 is 5.97 Å². The Morgan fingerprint density at radius 2 is 2.06 bits per heavy atom. The summed E-state index contributed by atoms with van der Waals surface area (Å²) in [5.41, 5.74) is 5.63. The first-order valence-electron chi connectivity index (χ1n) is 5.32. The van der Waals surface area contributed by atoms with Gasteiger partial charge < -0.3 is 15.4 Å². The molecule has 1 aromatic rings. The molecule has 1 heterocycles. The van der Waals surface area contributed by atoms with Crippen molar-refractivity contribution in [1.29, 1.82) is 0 Å². The van der Waals surface area contributed by atoms with E-state index >= 15 is 0 Å². The predicted octanol–water partition coefficient (Wildman–Crippen LogP) is 1.75. The summed E-state index contributed by atoms with van der Waals surface area (Å²) in [5.74, 6) is 0.282. The molecule has 0 saturated carbocycles. The van der Waals surface area contributed by atoms with E-state index in [9.17, 15) is 4.79 Å². The van der Waals surface area contributed by atoms with E-state index in [1.54, 1.807) is 6.92 Å². The van der Waals surface area contributed by atoms with Crippen molar-refractivity contribution in [2.45, 2.75) is 20.8 Å². The third-order valence-electron chi connectivity index (χ3n) is 2.15. The van der Waals surface area contributed by atoms with Crippen LogP contribution in [0.15, 0.2) is 0 Å². The van der Waals surface area contributed by atoms with Gasteiger partial charge in [-0.05, 0) is 20.8 Å². The molecule has 0 unspecified atom stereocenters. The minimum atomic E-state index is -0.349. The predicted molar refractivity (Wildman–Crippen MR) is 66.0 cm³/mol. The van der Waals surface area contributed by atoms with Crippen molar-refractivity contribution in [2.24, 2.45) is 0 Å². The number of nitrogens with zero attached hydrogens (tertiary/aromatic N) is 2. The first kappa shape index (κ1) is 12.8. The Balaban J connectivity index is 3.03. The van der Waals surface area contributed by atoms with Crippen molar-refractivity contribution in [3.63, 3.8) is 0 Å². The van der Waals surface area contributed by atoms with Crippen LogP contribution in [0.25, 0.3) is 0 Å². The van der Waals surface area contributed by atoms with Crippen LogP contribution >= 0.6 is 11.3 Å². The molecule has 2 N–H and O–H groups in total. The van der Waals surface area contributed by atoms with E-state index in [1.807, 2.05) is 18.7 Å². The highest BCUT2D eigenvalue weighted by molar-refractivity contribution is 7.17. The first-order chi connectivity index (χ1) is 7.63. The zero-order valence-corrected chi connectivity index (χ0v) is 10.6. The summed E-state index contributed by atoms with van der Waals surface area (Å²) in [7, 11) is 0. The van der Waals surface area contributed by atoms with Crippen molar-refractivity contribution >= 4 is 28.3 Å². The van der Waals surface area contributed by atoms with Gasteiger partial charge in [-0.1, -0.05) is 11.3 Å². The maximum Gasteiger partial charge on any atom is 0.352 e. The van der Waals surface area contributed by atoms with E-state index in [1.165, 1.54) is 11.3 Å². The second-order valence-corrected chi connectivity index (χ2v) is 4.13. The average molecular weight is 243 g/mol. The Kier molecular flexibility index (Phi) is 4.54. The van der Waals surface area contributed by atoms with Crippen LogP contribution in [0.1, 0.15) is 30.4 Å². The molecule has 0 aliphatic rings. The number of ether oxygens (including phenoxy) is 1. The van der Waals surface area contributed by atoms with Gasteiger partial charge in [-0.15, -0.1) is 0 Å². The summed E-state index contributed by atoms with van der Waals surface area (Å²) in [6.07, 6.45) is 0. The number of carbonyl (C=O) groups excluding carboxylic acids is 1. The third-order valence-corrected chi connectivity index (χ3v) is 3.00. The van der Waals surface area contributed by atoms with E-state index in [-0.39, 0.29) is 5.97 Å². The molecule has 0 spiro atoms. The molecule has 0 aliphatic heterocycles. The van der Waals surface area contributed by atoms with Crippen molar-refractivity contribution in [3.05, 3.63) is 4.88 Å². The van der Waals surface area contributed by atoms with Gasteiger partial charge in [-0.25, -0.2) is 9.78 Å². The SMILES string of the molecule is CCOC(=O)c1sc(N)nc1N(CC)CC. The van der Waals surface area contributed by atoms with Gasteiger partial charge in [0.2, 0.25) is 0 Å². The monoisotopic (exact) mass is 243 g/mol. The summed E-state index contributed by atoms with van der Waals surface area (Å²) in [5, 5.41) is 0.393. The van der Waals surface area contributed by atoms with Gasteiger partial charge in [0.05, 0.1) is 6.61 Å². The third kappa shape index (κ3) is 2.63. The maximum absolute atomic E-state index is 11.7. The second-order valence-electron chi connectivity index (χ2n) is 3.10. The number of esters is 1. The Bertz CT molecular complexity index is 361. The summed E-state index contributed by atoms with van der Waals surface area (Å²) < 4.78 is 4.97. The Morgan fingerprint density at radius 1 is 1.44 bits per heavy atom. The van der Waals surface area contributed by atoms with Gasteiger partial charge in [0, 0.05) is 13.1 Å². The van der Waals surface area contributed by atoms with E-state index in [0.717, 1.165) is 13.1 Å². The van der Waals surface area contributed by atoms with E-state index in [0.29, 0.717) is 22.4 Å². The molecule has 0 radical (unpaired) electrons. The topological polar surface area (TPSA) is 68.5 Å². The zero-order valence-electron chi connectivity index (χ0n) is 9.82. The molecule has 0 aromatic carbocycles. The van der Waals surface area contributed by atoms with Crippen molar-refractivity contribution in [1.82, 2.24) is 4.98 Å². The Morgan fingerprint density at radius 3 is 2.56 bits per heavy atom. The minimum absolute atomic E-state index is 0.349. The highest BCUT2D eigenvalue weighted by atomic mass is 32.1. The molecule has 0 fully saturated rings. The Hall–Kier alpha value is -1.30. The highest BCUT2D eigenvalue weighted by Gasteiger charge is 2.21.